The number of fused-ring (bicyclic) bond motifs is 1. The van der Waals surface area contributed by atoms with Crippen molar-refractivity contribution in [2.24, 2.45) is 5.73 Å². The van der Waals surface area contributed by atoms with E-state index in [2.05, 4.69) is 5.48 Å². The fraction of sp³-hybridized carbons (Fsp3) is 0.259. The maximum absolute atomic E-state index is 13.4. The van der Waals surface area contributed by atoms with Crippen LogP contribution in [0, 0.1) is 0 Å². The Bertz CT molecular complexity index is 1120. The van der Waals surface area contributed by atoms with Crippen molar-refractivity contribution in [2.45, 2.75) is 44.5 Å². The molecule has 0 saturated carbocycles. The number of halogens is 1. The van der Waals surface area contributed by atoms with Gasteiger partial charge >= 0.3 is 0 Å². The Morgan fingerprint density at radius 1 is 0.971 bits per heavy atom. The SMILES string of the molecule is Cl.N[C@@H](Cc1ccc(O)cc1)C(=O)N1Cc2ccccc2CC1CC(=O)NOCc1ccccc1. The minimum atomic E-state index is -0.755. The van der Waals surface area contributed by atoms with Crippen LogP contribution in [0.25, 0.3) is 0 Å². The molecule has 4 rings (SSSR count). The number of nitrogens with zero attached hydrogens (tertiary/aromatic N) is 1. The highest BCUT2D eigenvalue weighted by molar-refractivity contribution is 5.85. The highest BCUT2D eigenvalue weighted by atomic mass is 35.5. The topological polar surface area (TPSA) is 105 Å². The number of nitrogens with one attached hydrogen (secondary N) is 1. The van der Waals surface area contributed by atoms with Crippen LogP contribution in [-0.2, 0) is 40.4 Å². The Balaban J connectivity index is 0.00000342. The molecule has 0 aliphatic carbocycles. The molecule has 1 unspecified atom stereocenters. The average Bonchev–Trinajstić information content (AvgIpc) is 2.85. The maximum atomic E-state index is 13.4. The van der Waals surface area contributed by atoms with Gasteiger partial charge in [0.05, 0.1) is 12.6 Å². The normalized spacial score (nSPS) is 15.5. The van der Waals surface area contributed by atoms with Crippen molar-refractivity contribution in [1.29, 1.82) is 0 Å². The van der Waals surface area contributed by atoms with E-state index in [4.69, 9.17) is 10.6 Å². The predicted octanol–water partition coefficient (Wildman–Crippen LogP) is 3.28. The van der Waals surface area contributed by atoms with Gasteiger partial charge in [-0.3, -0.25) is 14.4 Å². The quantitative estimate of drug-likeness (QED) is 0.416. The molecule has 184 valence electrons. The number of carbonyl (C=O) groups is 2. The summed E-state index contributed by atoms with van der Waals surface area (Å²) in [6, 6.07) is 23.1. The number of rotatable bonds is 8. The highest BCUT2D eigenvalue weighted by Gasteiger charge is 2.33. The summed E-state index contributed by atoms with van der Waals surface area (Å²) in [5.41, 5.74) is 12.8. The zero-order chi connectivity index (χ0) is 23.9. The van der Waals surface area contributed by atoms with Crippen LogP contribution in [0.5, 0.6) is 5.75 Å². The summed E-state index contributed by atoms with van der Waals surface area (Å²) in [6.07, 6.45) is 1.02. The monoisotopic (exact) mass is 495 g/mol. The molecule has 3 aromatic rings. The largest absolute Gasteiger partial charge is 0.508 e. The number of carbonyl (C=O) groups excluding carboxylic acids is 2. The molecule has 0 bridgehead atoms. The molecule has 0 aromatic heterocycles. The van der Waals surface area contributed by atoms with Crippen molar-refractivity contribution in [2.75, 3.05) is 0 Å². The van der Waals surface area contributed by atoms with Crippen LogP contribution < -0.4 is 11.2 Å². The van der Waals surface area contributed by atoms with Gasteiger partial charge < -0.3 is 15.7 Å². The second kappa shape index (κ2) is 12.4. The van der Waals surface area contributed by atoms with E-state index in [1.165, 1.54) is 0 Å². The smallest absolute Gasteiger partial charge is 0.245 e. The molecular formula is C27H30ClN3O4. The van der Waals surface area contributed by atoms with E-state index < -0.39 is 6.04 Å². The standard InChI is InChI=1S/C27H29N3O4.ClH/c28-25(14-19-10-12-24(31)13-11-19)27(33)30-17-22-9-5-4-8-21(22)15-23(30)16-26(32)29-34-18-20-6-2-1-3-7-20;/h1-13,23,25,31H,14-18,28H2,(H,29,32);1H/t23?,25-;/m0./s1. The van der Waals surface area contributed by atoms with Gasteiger partial charge in [0.1, 0.15) is 5.75 Å². The molecule has 0 spiro atoms. The number of benzene rings is 3. The van der Waals surface area contributed by atoms with Gasteiger partial charge in [-0.05, 0) is 47.2 Å². The van der Waals surface area contributed by atoms with Crippen molar-refractivity contribution >= 4 is 24.2 Å². The van der Waals surface area contributed by atoms with Crippen molar-refractivity contribution < 1.29 is 19.5 Å². The first-order chi connectivity index (χ1) is 16.5. The molecule has 7 nitrogen and oxygen atoms in total. The number of amides is 2. The second-order valence-corrected chi connectivity index (χ2v) is 8.57. The third kappa shape index (κ3) is 7.05. The molecule has 0 saturated heterocycles. The fourth-order valence-corrected chi connectivity index (χ4v) is 4.24. The number of aromatic hydroxyl groups is 1. The third-order valence-electron chi connectivity index (χ3n) is 6.04. The summed E-state index contributed by atoms with van der Waals surface area (Å²) in [7, 11) is 0. The predicted molar refractivity (Wildman–Crippen MR) is 136 cm³/mol. The molecule has 0 radical (unpaired) electrons. The van der Waals surface area contributed by atoms with Crippen LogP contribution in [0.3, 0.4) is 0 Å². The van der Waals surface area contributed by atoms with Crippen LogP contribution in [0.2, 0.25) is 0 Å². The lowest BCUT2D eigenvalue weighted by atomic mass is 9.91. The number of hydrogen-bond donors (Lipinski definition) is 3. The number of phenols is 1. The maximum Gasteiger partial charge on any atom is 0.245 e. The van der Waals surface area contributed by atoms with Gasteiger partial charge in [0, 0.05) is 19.0 Å². The third-order valence-corrected chi connectivity index (χ3v) is 6.04. The minimum absolute atomic E-state index is 0. The lowest BCUT2D eigenvalue weighted by Crippen LogP contribution is -2.52. The number of hydroxylamine groups is 1. The molecule has 3 aromatic carbocycles. The van der Waals surface area contributed by atoms with Gasteiger partial charge in [-0.15, -0.1) is 12.4 Å². The zero-order valence-electron chi connectivity index (χ0n) is 19.3. The highest BCUT2D eigenvalue weighted by Crippen LogP contribution is 2.26. The summed E-state index contributed by atoms with van der Waals surface area (Å²) >= 11 is 0. The van der Waals surface area contributed by atoms with Gasteiger partial charge in [-0.2, -0.15) is 0 Å². The summed E-state index contributed by atoms with van der Waals surface area (Å²) in [6.45, 7) is 0.668. The van der Waals surface area contributed by atoms with E-state index in [0.29, 0.717) is 19.4 Å². The van der Waals surface area contributed by atoms with Crippen LogP contribution in [0.4, 0.5) is 0 Å². The molecule has 1 heterocycles. The Morgan fingerprint density at radius 2 is 1.63 bits per heavy atom. The molecular weight excluding hydrogens is 466 g/mol. The summed E-state index contributed by atoms with van der Waals surface area (Å²) in [5.74, 6) is -0.326. The van der Waals surface area contributed by atoms with Crippen molar-refractivity contribution in [1.82, 2.24) is 10.4 Å². The first-order valence-electron chi connectivity index (χ1n) is 11.3. The van der Waals surface area contributed by atoms with Crippen LogP contribution >= 0.6 is 12.4 Å². The van der Waals surface area contributed by atoms with Crippen LogP contribution in [-0.4, -0.2) is 33.9 Å². The van der Waals surface area contributed by atoms with E-state index in [0.717, 1.165) is 22.3 Å². The minimum Gasteiger partial charge on any atom is -0.508 e. The number of nitrogens with two attached hydrogens (primary N) is 1. The molecule has 8 heteroatoms. The molecule has 2 amide bonds. The molecule has 1 aliphatic rings. The zero-order valence-corrected chi connectivity index (χ0v) is 20.1. The lowest BCUT2D eigenvalue weighted by molar-refractivity contribution is -0.140. The molecule has 0 fully saturated rings. The molecule has 2 atom stereocenters. The van der Waals surface area contributed by atoms with Crippen molar-refractivity contribution in [3.63, 3.8) is 0 Å². The van der Waals surface area contributed by atoms with Crippen molar-refractivity contribution in [3.05, 3.63) is 101 Å². The van der Waals surface area contributed by atoms with E-state index in [1.54, 1.807) is 29.2 Å². The van der Waals surface area contributed by atoms with Gasteiger partial charge in [0.2, 0.25) is 11.8 Å². The van der Waals surface area contributed by atoms with E-state index in [-0.39, 0.29) is 49.0 Å². The lowest BCUT2D eigenvalue weighted by Gasteiger charge is -2.38. The molecule has 35 heavy (non-hydrogen) atoms. The van der Waals surface area contributed by atoms with E-state index >= 15 is 0 Å². The van der Waals surface area contributed by atoms with Gasteiger partial charge in [0.25, 0.3) is 0 Å². The van der Waals surface area contributed by atoms with Gasteiger partial charge in [-0.25, -0.2) is 5.48 Å². The fourth-order valence-electron chi connectivity index (χ4n) is 4.24. The summed E-state index contributed by atoms with van der Waals surface area (Å²) in [5, 5.41) is 9.49. The first-order valence-corrected chi connectivity index (χ1v) is 11.3. The Kier molecular flexibility index (Phi) is 9.25. The Hall–Kier alpha value is -3.39. The van der Waals surface area contributed by atoms with E-state index in [9.17, 15) is 14.7 Å². The summed E-state index contributed by atoms with van der Waals surface area (Å²) < 4.78 is 0. The summed E-state index contributed by atoms with van der Waals surface area (Å²) in [4.78, 5) is 33.1. The van der Waals surface area contributed by atoms with Crippen LogP contribution in [0.15, 0.2) is 78.9 Å². The average molecular weight is 496 g/mol. The van der Waals surface area contributed by atoms with Gasteiger partial charge in [0.15, 0.2) is 0 Å². The first kappa shape index (κ1) is 26.2. The molecule has 1 aliphatic heterocycles. The van der Waals surface area contributed by atoms with Gasteiger partial charge in [-0.1, -0.05) is 66.7 Å². The molecule has 4 N–H and O–H groups in total. The van der Waals surface area contributed by atoms with Crippen LogP contribution in [0.1, 0.15) is 28.7 Å². The number of phenolic OH excluding ortho intramolecular Hbond substituents is 1. The Labute approximate surface area is 211 Å². The second-order valence-electron chi connectivity index (χ2n) is 8.57. The van der Waals surface area contributed by atoms with Crippen molar-refractivity contribution in [3.8, 4) is 5.75 Å². The number of hydrogen-bond acceptors (Lipinski definition) is 5. The Morgan fingerprint density at radius 3 is 2.34 bits per heavy atom. The van der Waals surface area contributed by atoms with E-state index in [1.807, 2.05) is 54.6 Å².